The Balaban J connectivity index is 1.70. The number of hydrogen-bond donors (Lipinski definition) is 2. The van der Waals surface area contributed by atoms with Gasteiger partial charge in [-0.15, -0.1) is 0 Å². The number of amides is 2. The van der Waals surface area contributed by atoms with Crippen LogP contribution in [0.1, 0.15) is 22.8 Å². The highest BCUT2D eigenvalue weighted by molar-refractivity contribution is 8.26. The third-order valence-corrected chi connectivity index (χ3v) is 5.54. The van der Waals surface area contributed by atoms with E-state index in [-0.39, 0.29) is 28.0 Å². The summed E-state index contributed by atoms with van der Waals surface area (Å²) in [4.78, 5) is 38.0. The Morgan fingerprint density at radius 3 is 2.50 bits per heavy atom. The van der Waals surface area contributed by atoms with E-state index in [2.05, 4.69) is 5.32 Å². The van der Waals surface area contributed by atoms with Crippen molar-refractivity contribution in [1.82, 2.24) is 4.90 Å². The monoisotopic (exact) mass is 438 g/mol. The first-order valence-electron chi connectivity index (χ1n) is 8.96. The van der Waals surface area contributed by atoms with E-state index in [4.69, 9.17) is 12.2 Å². The fourth-order valence-corrected chi connectivity index (χ4v) is 4.11. The maximum absolute atomic E-state index is 12.7. The van der Waals surface area contributed by atoms with Gasteiger partial charge in [0.2, 0.25) is 5.91 Å². The number of aromatic carboxylic acids is 1. The maximum atomic E-state index is 12.7. The number of carboxylic acids is 1. The van der Waals surface area contributed by atoms with Crippen molar-refractivity contribution in [3.05, 3.63) is 82.3 Å². The van der Waals surface area contributed by atoms with Gasteiger partial charge in [0.15, 0.2) is 0 Å². The van der Waals surface area contributed by atoms with Gasteiger partial charge in [-0.2, -0.15) is 0 Å². The first kappa shape index (κ1) is 21.5. The molecule has 0 aliphatic carbocycles. The Bertz CT molecular complexity index is 1080. The fraction of sp³-hybridized carbons (Fsp3) is 0.0909. The number of carboxylic acid groups (broad SMARTS) is 1. The molecule has 1 aliphatic heterocycles. The van der Waals surface area contributed by atoms with E-state index in [0.29, 0.717) is 4.91 Å². The number of thiocarbonyl (C=S) groups is 1. The predicted octanol–water partition coefficient (Wildman–Crippen LogP) is 4.17. The molecule has 2 aromatic rings. The summed E-state index contributed by atoms with van der Waals surface area (Å²) in [6, 6.07) is 15.8. The van der Waals surface area contributed by atoms with Gasteiger partial charge in [0.1, 0.15) is 10.9 Å². The second kappa shape index (κ2) is 9.51. The van der Waals surface area contributed by atoms with Crippen LogP contribution in [0.4, 0.5) is 5.69 Å². The number of carbonyl (C=O) groups is 3. The van der Waals surface area contributed by atoms with Gasteiger partial charge in [-0.3, -0.25) is 14.5 Å². The molecule has 3 rings (SSSR count). The number of anilines is 1. The van der Waals surface area contributed by atoms with Crippen LogP contribution in [0.25, 0.3) is 6.08 Å². The van der Waals surface area contributed by atoms with Crippen LogP contribution in [-0.4, -0.2) is 38.7 Å². The van der Waals surface area contributed by atoms with Crippen LogP contribution in [0.5, 0.6) is 0 Å². The number of benzene rings is 2. The van der Waals surface area contributed by atoms with Gasteiger partial charge in [-0.05, 0) is 36.3 Å². The number of carbonyl (C=O) groups excluding carboxylic acids is 2. The molecule has 1 aliphatic rings. The first-order chi connectivity index (χ1) is 14.3. The van der Waals surface area contributed by atoms with E-state index in [1.807, 2.05) is 43.3 Å². The molecular formula is C22H18N2O4S2. The van der Waals surface area contributed by atoms with Crippen molar-refractivity contribution in [3.63, 3.8) is 0 Å². The molecule has 2 N–H and O–H groups in total. The van der Waals surface area contributed by atoms with Crippen molar-refractivity contribution >= 4 is 57.8 Å². The molecule has 1 heterocycles. The summed E-state index contributed by atoms with van der Waals surface area (Å²) in [5.41, 5.74) is 2.02. The van der Waals surface area contributed by atoms with Gasteiger partial charge < -0.3 is 10.4 Å². The molecule has 2 aromatic carbocycles. The topological polar surface area (TPSA) is 86.7 Å². The highest BCUT2D eigenvalue weighted by Gasteiger charge is 2.33. The van der Waals surface area contributed by atoms with Gasteiger partial charge in [0.05, 0.1) is 16.2 Å². The van der Waals surface area contributed by atoms with Crippen molar-refractivity contribution in [3.8, 4) is 0 Å². The normalized spacial score (nSPS) is 15.6. The number of para-hydroxylation sites is 1. The summed E-state index contributed by atoms with van der Waals surface area (Å²) < 4.78 is 0.278. The second-order valence-corrected chi connectivity index (χ2v) is 8.14. The molecule has 0 atom stereocenters. The van der Waals surface area contributed by atoms with Crippen molar-refractivity contribution in [2.45, 2.75) is 6.92 Å². The van der Waals surface area contributed by atoms with E-state index >= 15 is 0 Å². The predicted molar refractivity (Wildman–Crippen MR) is 122 cm³/mol. The first-order valence-corrected chi connectivity index (χ1v) is 10.2. The number of allylic oxidation sites excluding steroid dienone is 2. The van der Waals surface area contributed by atoms with E-state index in [1.54, 1.807) is 18.2 Å². The zero-order valence-corrected chi connectivity index (χ0v) is 17.6. The SMILES string of the molecule is CC(=Cc1ccccc1)C=C1SC(=S)N(CC(=O)Nc2ccccc2C(=O)O)C1=O. The average molecular weight is 439 g/mol. The Labute approximate surface area is 183 Å². The Morgan fingerprint density at radius 2 is 1.80 bits per heavy atom. The van der Waals surface area contributed by atoms with Crippen LogP contribution in [0.3, 0.4) is 0 Å². The average Bonchev–Trinajstić information content (AvgIpc) is 2.96. The second-order valence-electron chi connectivity index (χ2n) is 6.47. The Hall–Kier alpha value is -3.23. The lowest BCUT2D eigenvalue weighted by atomic mass is 10.1. The zero-order valence-electron chi connectivity index (χ0n) is 16.0. The van der Waals surface area contributed by atoms with Crippen molar-refractivity contribution in [2.24, 2.45) is 0 Å². The molecule has 2 amide bonds. The van der Waals surface area contributed by atoms with Crippen LogP contribution in [0, 0.1) is 0 Å². The Kier molecular flexibility index (Phi) is 6.81. The lowest BCUT2D eigenvalue weighted by molar-refractivity contribution is -0.126. The number of thioether (sulfide) groups is 1. The molecule has 1 fully saturated rings. The number of hydrogen-bond acceptors (Lipinski definition) is 5. The molecule has 30 heavy (non-hydrogen) atoms. The van der Waals surface area contributed by atoms with E-state index in [0.717, 1.165) is 22.9 Å². The van der Waals surface area contributed by atoms with Gasteiger partial charge in [-0.25, -0.2) is 4.79 Å². The van der Waals surface area contributed by atoms with E-state index < -0.39 is 11.9 Å². The minimum atomic E-state index is -1.15. The zero-order chi connectivity index (χ0) is 21.7. The van der Waals surface area contributed by atoms with Gasteiger partial charge in [0.25, 0.3) is 5.91 Å². The minimum Gasteiger partial charge on any atom is -0.478 e. The molecule has 0 radical (unpaired) electrons. The highest BCUT2D eigenvalue weighted by atomic mass is 32.2. The quantitative estimate of drug-likeness (QED) is 0.520. The minimum absolute atomic E-state index is 0.0298. The Morgan fingerprint density at radius 1 is 1.13 bits per heavy atom. The molecule has 1 saturated heterocycles. The number of nitrogens with one attached hydrogen (secondary N) is 1. The molecule has 0 unspecified atom stereocenters. The van der Waals surface area contributed by atoms with E-state index in [1.165, 1.54) is 17.0 Å². The van der Waals surface area contributed by atoms with Crippen LogP contribution < -0.4 is 5.32 Å². The van der Waals surface area contributed by atoms with Gasteiger partial charge >= 0.3 is 5.97 Å². The largest absolute Gasteiger partial charge is 0.478 e. The van der Waals surface area contributed by atoms with Crippen LogP contribution in [0.2, 0.25) is 0 Å². The standard InChI is InChI=1S/C22H18N2O4S2/c1-14(11-15-7-3-2-4-8-15)12-18-20(26)24(22(29)30-18)13-19(25)23-17-10-6-5-9-16(17)21(27)28/h2-12H,13H2,1H3,(H,23,25)(H,27,28). The third-order valence-electron chi connectivity index (χ3n) is 4.16. The summed E-state index contributed by atoms with van der Waals surface area (Å²) >= 11 is 6.39. The van der Waals surface area contributed by atoms with Crippen molar-refractivity contribution in [1.29, 1.82) is 0 Å². The molecule has 152 valence electrons. The summed E-state index contributed by atoms with van der Waals surface area (Å²) in [6.07, 6.45) is 3.69. The molecule has 6 nitrogen and oxygen atoms in total. The number of nitrogens with zero attached hydrogens (tertiary/aromatic N) is 1. The van der Waals surface area contributed by atoms with Gasteiger partial charge in [-0.1, -0.05) is 72.5 Å². The smallest absolute Gasteiger partial charge is 0.337 e. The maximum Gasteiger partial charge on any atom is 0.337 e. The lowest BCUT2D eigenvalue weighted by Gasteiger charge is -2.15. The summed E-state index contributed by atoms with van der Waals surface area (Å²) in [5, 5.41) is 11.8. The summed E-state index contributed by atoms with van der Waals surface area (Å²) in [7, 11) is 0. The van der Waals surface area contributed by atoms with Crippen LogP contribution >= 0.6 is 24.0 Å². The third kappa shape index (κ3) is 5.22. The van der Waals surface area contributed by atoms with Crippen LogP contribution in [0.15, 0.2) is 71.2 Å². The number of rotatable bonds is 6. The molecule has 8 heteroatoms. The van der Waals surface area contributed by atoms with E-state index in [9.17, 15) is 19.5 Å². The van der Waals surface area contributed by atoms with Gasteiger partial charge in [0, 0.05) is 0 Å². The molecule has 0 bridgehead atoms. The summed E-state index contributed by atoms with van der Waals surface area (Å²) in [6.45, 7) is 1.59. The molecule has 0 aromatic heterocycles. The summed E-state index contributed by atoms with van der Waals surface area (Å²) in [5.74, 6) is -2.04. The molecule has 0 spiro atoms. The lowest BCUT2D eigenvalue weighted by Crippen LogP contribution is -2.36. The molecule has 0 saturated carbocycles. The fourth-order valence-electron chi connectivity index (χ4n) is 2.81. The van der Waals surface area contributed by atoms with Crippen LogP contribution in [-0.2, 0) is 9.59 Å². The highest BCUT2D eigenvalue weighted by Crippen LogP contribution is 2.32. The van der Waals surface area contributed by atoms with Crippen molar-refractivity contribution < 1.29 is 19.5 Å². The van der Waals surface area contributed by atoms with Crippen molar-refractivity contribution in [2.75, 3.05) is 11.9 Å². The molecular weight excluding hydrogens is 420 g/mol.